The highest BCUT2D eigenvalue weighted by Crippen LogP contribution is 2.19. The third-order valence-electron chi connectivity index (χ3n) is 3.10. The van der Waals surface area contributed by atoms with Crippen LogP contribution in [0, 0.1) is 12.7 Å². The summed E-state index contributed by atoms with van der Waals surface area (Å²) in [6.45, 7) is 6.46. The zero-order valence-corrected chi connectivity index (χ0v) is 11.4. The maximum Gasteiger partial charge on any atom is 0.240 e. The lowest BCUT2D eigenvalue weighted by Crippen LogP contribution is -2.24. The van der Waals surface area contributed by atoms with Crippen molar-refractivity contribution in [1.29, 1.82) is 0 Å². The van der Waals surface area contributed by atoms with Crippen molar-refractivity contribution < 1.29 is 8.91 Å². The highest BCUT2D eigenvalue weighted by atomic mass is 19.1. The third-order valence-corrected chi connectivity index (χ3v) is 3.10. The van der Waals surface area contributed by atoms with Gasteiger partial charge in [0.05, 0.1) is 6.54 Å². The van der Waals surface area contributed by atoms with E-state index in [9.17, 15) is 4.39 Å². The van der Waals surface area contributed by atoms with Crippen molar-refractivity contribution in [1.82, 2.24) is 15.5 Å². The van der Waals surface area contributed by atoms with Gasteiger partial charge in [-0.1, -0.05) is 12.1 Å². The second-order valence-electron chi connectivity index (χ2n) is 4.67. The Bertz CT molecular complexity index is 553. The first-order chi connectivity index (χ1) is 9.10. The fourth-order valence-electron chi connectivity index (χ4n) is 1.63. The van der Waals surface area contributed by atoms with Crippen LogP contribution in [0.25, 0.3) is 11.4 Å². The van der Waals surface area contributed by atoms with E-state index < -0.39 is 0 Å². The van der Waals surface area contributed by atoms with Gasteiger partial charge in [-0.15, -0.1) is 0 Å². The van der Waals surface area contributed by atoms with Crippen LogP contribution in [0.2, 0.25) is 0 Å². The Morgan fingerprint density at radius 1 is 1.42 bits per heavy atom. The number of hydrogen-bond donors (Lipinski definition) is 1. The van der Waals surface area contributed by atoms with E-state index in [1.165, 1.54) is 6.07 Å². The molecule has 2 rings (SSSR count). The predicted molar refractivity (Wildman–Crippen MR) is 71.0 cm³/mol. The van der Waals surface area contributed by atoms with Crippen molar-refractivity contribution in [2.24, 2.45) is 0 Å². The first-order valence-electron chi connectivity index (χ1n) is 6.42. The molecule has 1 aromatic carbocycles. The second kappa shape index (κ2) is 5.93. The first-order valence-corrected chi connectivity index (χ1v) is 6.42. The average molecular weight is 263 g/mol. The highest BCUT2D eigenvalue weighted by Gasteiger charge is 2.10. The summed E-state index contributed by atoms with van der Waals surface area (Å²) < 4.78 is 18.4. The summed E-state index contributed by atoms with van der Waals surface area (Å²) in [6.07, 6.45) is 1.04. The minimum atomic E-state index is -0.231. The number of hydrogen-bond acceptors (Lipinski definition) is 4. The smallest absolute Gasteiger partial charge is 0.240 e. The van der Waals surface area contributed by atoms with E-state index in [0.29, 0.717) is 29.9 Å². The van der Waals surface area contributed by atoms with Crippen molar-refractivity contribution in [2.45, 2.75) is 39.8 Å². The predicted octanol–water partition coefficient (Wildman–Crippen LogP) is 3.07. The molecule has 0 saturated carbocycles. The van der Waals surface area contributed by atoms with E-state index in [0.717, 1.165) is 12.0 Å². The fraction of sp³-hybridized carbons (Fsp3) is 0.429. The summed E-state index contributed by atoms with van der Waals surface area (Å²) in [6, 6.07) is 5.19. The molecule has 0 aliphatic rings. The Morgan fingerprint density at radius 3 is 2.89 bits per heavy atom. The molecule has 0 fully saturated rings. The Labute approximate surface area is 112 Å². The van der Waals surface area contributed by atoms with Crippen molar-refractivity contribution in [3.05, 3.63) is 35.5 Å². The van der Waals surface area contributed by atoms with E-state index in [4.69, 9.17) is 4.52 Å². The summed E-state index contributed by atoms with van der Waals surface area (Å²) >= 11 is 0. The molecule has 0 spiro atoms. The molecule has 1 heterocycles. The van der Waals surface area contributed by atoms with Gasteiger partial charge in [0.2, 0.25) is 11.7 Å². The molecule has 0 amide bonds. The van der Waals surface area contributed by atoms with Gasteiger partial charge in [-0.3, -0.25) is 0 Å². The van der Waals surface area contributed by atoms with E-state index >= 15 is 0 Å². The number of halogens is 1. The van der Waals surface area contributed by atoms with Gasteiger partial charge >= 0.3 is 0 Å². The lowest BCUT2D eigenvalue weighted by molar-refractivity contribution is 0.358. The molecule has 1 aromatic heterocycles. The van der Waals surface area contributed by atoms with Crippen LogP contribution in [0.4, 0.5) is 4.39 Å². The Kier molecular flexibility index (Phi) is 4.27. The SMILES string of the molecule is CCC(C)NCc1nc(-c2ccc(F)c(C)c2)no1. The van der Waals surface area contributed by atoms with Crippen molar-refractivity contribution >= 4 is 0 Å². The van der Waals surface area contributed by atoms with Crippen LogP contribution in [-0.4, -0.2) is 16.2 Å². The van der Waals surface area contributed by atoms with Crippen LogP contribution in [0.1, 0.15) is 31.7 Å². The minimum absolute atomic E-state index is 0.231. The molecule has 4 nitrogen and oxygen atoms in total. The van der Waals surface area contributed by atoms with E-state index in [-0.39, 0.29) is 5.82 Å². The van der Waals surface area contributed by atoms with Crippen LogP contribution in [-0.2, 0) is 6.54 Å². The summed E-state index contributed by atoms with van der Waals surface area (Å²) in [5, 5.41) is 7.19. The van der Waals surface area contributed by atoms with Gasteiger partial charge in [0.15, 0.2) is 0 Å². The minimum Gasteiger partial charge on any atom is -0.338 e. The zero-order chi connectivity index (χ0) is 13.8. The second-order valence-corrected chi connectivity index (χ2v) is 4.67. The standard InChI is InChI=1S/C14H18FN3O/c1-4-10(3)16-8-13-17-14(18-19-13)11-5-6-12(15)9(2)7-11/h5-7,10,16H,4,8H2,1-3H3. The number of nitrogens with zero attached hydrogens (tertiary/aromatic N) is 2. The van der Waals surface area contributed by atoms with Gasteiger partial charge in [0.1, 0.15) is 5.82 Å². The number of aromatic nitrogens is 2. The maximum absolute atomic E-state index is 13.2. The number of aryl methyl sites for hydroxylation is 1. The Balaban J connectivity index is 2.09. The molecule has 1 N–H and O–H groups in total. The van der Waals surface area contributed by atoms with Gasteiger partial charge in [0, 0.05) is 11.6 Å². The van der Waals surface area contributed by atoms with Gasteiger partial charge in [-0.2, -0.15) is 4.98 Å². The van der Waals surface area contributed by atoms with Crippen molar-refractivity contribution in [3.8, 4) is 11.4 Å². The molecular formula is C14H18FN3O. The molecular weight excluding hydrogens is 245 g/mol. The molecule has 19 heavy (non-hydrogen) atoms. The maximum atomic E-state index is 13.2. The quantitative estimate of drug-likeness (QED) is 0.900. The Morgan fingerprint density at radius 2 is 2.21 bits per heavy atom. The van der Waals surface area contributed by atoms with E-state index in [1.54, 1.807) is 19.1 Å². The molecule has 0 bridgehead atoms. The molecule has 102 valence electrons. The molecule has 0 aliphatic heterocycles. The normalized spacial score (nSPS) is 12.6. The molecule has 1 atom stereocenters. The van der Waals surface area contributed by atoms with Crippen LogP contribution < -0.4 is 5.32 Å². The zero-order valence-electron chi connectivity index (χ0n) is 11.4. The lowest BCUT2D eigenvalue weighted by Gasteiger charge is -2.07. The molecule has 0 aliphatic carbocycles. The van der Waals surface area contributed by atoms with Gasteiger partial charge in [-0.05, 0) is 44.0 Å². The molecule has 2 aromatic rings. The number of benzene rings is 1. The fourth-order valence-corrected chi connectivity index (χ4v) is 1.63. The van der Waals surface area contributed by atoms with Gasteiger partial charge < -0.3 is 9.84 Å². The monoisotopic (exact) mass is 263 g/mol. The van der Waals surface area contributed by atoms with Crippen LogP contribution in [0.5, 0.6) is 0 Å². The van der Waals surface area contributed by atoms with E-state index in [1.807, 2.05) is 0 Å². The van der Waals surface area contributed by atoms with Crippen LogP contribution >= 0.6 is 0 Å². The van der Waals surface area contributed by atoms with Crippen molar-refractivity contribution in [3.63, 3.8) is 0 Å². The van der Waals surface area contributed by atoms with Crippen LogP contribution in [0.15, 0.2) is 22.7 Å². The van der Waals surface area contributed by atoms with Crippen molar-refractivity contribution in [2.75, 3.05) is 0 Å². The Hall–Kier alpha value is -1.75. The molecule has 0 radical (unpaired) electrons. The van der Waals surface area contributed by atoms with Crippen LogP contribution in [0.3, 0.4) is 0 Å². The van der Waals surface area contributed by atoms with Gasteiger partial charge in [-0.25, -0.2) is 4.39 Å². The van der Waals surface area contributed by atoms with Gasteiger partial charge in [0.25, 0.3) is 0 Å². The highest BCUT2D eigenvalue weighted by molar-refractivity contribution is 5.55. The molecule has 5 heteroatoms. The van der Waals surface area contributed by atoms with E-state index in [2.05, 4.69) is 29.3 Å². The number of rotatable bonds is 5. The summed E-state index contributed by atoms with van der Waals surface area (Å²) in [4.78, 5) is 4.29. The number of nitrogens with one attached hydrogen (secondary N) is 1. The molecule has 1 unspecified atom stereocenters. The third kappa shape index (κ3) is 3.38. The average Bonchev–Trinajstić information content (AvgIpc) is 2.88. The largest absolute Gasteiger partial charge is 0.338 e. The summed E-state index contributed by atoms with van der Waals surface area (Å²) in [5.41, 5.74) is 1.33. The topological polar surface area (TPSA) is 51.0 Å². The summed E-state index contributed by atoms with van der Waals surface area (Å²) in [5.74, 6) is 0.798. The molecule has 0 saturated heterocycles. The first kappa shape index (κ1) is 13.7. The summed E-state index contributed by atoms with van der Waals surface area (Å²) in [7, 11) is 0. The lowest BCUT2D eigenvalue weighted by atomic mass is 10.1.